The molecule has 1 rings (SSSR count). The van der Waals surface area contributed by atoms with Crippen LogP contribution in [-0.2, 0) is 6.42 Å². The molecule has 0 fully saturated rings. The summed E-state index contributed by atoms with van der Waals surface area (Å²) >= 11 is 0. The van der Waals surface area contributed by atoms with Gasteiger partial charge in [-0.15, -0.1) is 0 Å². The molecular formula is C15H24. The van der Waals surface area contributed by atoms with Gasteiger partial charge in [0.15, 0.2) is 0 Å². The third kappa shape index (κ3) is 5.01. The lowest BCUT2D eigenvalue weighted by Crippen LogP contribution is -2.12. The molecule has 0 radical (unpaired) electrons. The minimum absolute atomic E-state index is 0.449. The first kappa shape index (κ1) is 12.3. The minimum atomic E-state index is 0.449. The molecule has 0 aliphatic heterocycles. The van der Waals surface area contributed by atoms with Gasteiger partial charge in [0.25, 0.3) is 0 Å². The van der Waals surface area contributed by atoms with Crippen molar-refractivity contribution in [3.8, 4) is 0 Å². The van der Waals surface area contributed by atoms with Crippen molar-refractivity contribution in [3.63, 3.8) is 0 Å². The molecule has 1 unspecified atom stereocenters. The Balaban J connectivity index is 2.51. The van der Waals surface area contributed by atoms with E-state index in [1.807, 2.05) is 0 Å². The van der Waals surface area contributed by atoms with E-state index in [4.69, 9.17) is 0 Å². The van der Waals surface area contributed by atoms with Gasteiger partial charge >= 0.3 is 0 Å². The highest BCUT2D eigenvalue weighted by molar-refractivity contribution is 5.21. The summed E-state index contributed by atoms with van der Waals surface area (Å²) in [6, 6.07) is 8.93. The third-order valence-corrected chi connectivity index (χ3v) is 2.67. The Hall–Kier alpha value is -0.780. The zero-order valence-corrected chi connectivity index (χ0v) is 10.8. The van der Waals surface area contributed by atoms with Gasteiger partial charge in [0, 0.05) is 0 Å². The maximum atomic E-state index is 2.35. The molecule has 1 aromatic rings. The maximum Gasteiger partial charge on any atom is -0.0253 e. The number of rotatable bonds is 3. The van der Waals surface area contributed by atoms with Crippen LogP contribution in [0.3, 0.4) is 0 Å². The Morgan fingerprint density at radius 3 is 2.07 bits per heavy atom. The van der Waals surface area contributed by atoms with Crippen LogP contribution in [0.4, 0.5) is 0 Å². The molecule has 0 heteroatoms. The van der Waals surface area contributed by atoms with Crippen molar-refractivity contribution in [1.29, 1.82) is 0 Å². The number of benzene rings is 1. The van der Waals surface area contributed by atoms with Gasteiger partial charge in [0.05, 0.1) is 0 Å². The van der Waals surface area contributed by atoms with Gasteiger partial charge in [-0.1, -0.05) is 57.5 Å². The van der Waals surface area contributed by atoms with Crippen LogP contribution < -0.4 is 0 Å². The molecule has 0 aliphatic carbocycles. The SMILES string of the molecule is Cc1ccc(CC(C)CC(C)(C)C)cc1. The highest BCUT2D eigenvalue weighted by Gasteiger charge is 2.15. The molecule has 0 heterocycles. The van der Waals surface area contributed by atoms with Gasteiger partial charge in [-0.25, -0.2) is 0 Å². The van der Waals surface area contributed by atoms with Crippen LogP contribution in [0.1, 0.15) is 45.2 Å². The lowest BCUT2D eigenvalue weighted by molar-refractivity contribution is 0.306. The largest absolute Gasteiger partial charge is 0.0622 e. The molecule has 1 aromatic carbocycles. The maximum absolute atomic E-state index is 2.35. The molecule has 0 saturated heterocycles. The predicted octanol–water partition coefficient (Wildman–Crippen LogP) is 4.61. The molecular weight excluding hydrogens is 180 g/mol. The molecule has 0 amide bonds. The smallest absolute Gasteiger partial charge is 0.0253 e. The zero-order chi connectivity index (χ0) is 11.5. The summed E-state index contributed by atoms with van der Waals surface area (Å²) in [5.74, 6) is 0.771. The fourth-order valence-corrected chi connectivity index (χ4v) is 2.24. The standard InChI is InChI=1S/C15H24/c1-12-6-8-14(9-7-12)10-13(2)11-15(3,4)5/h6-9,13H,10-11H2,1-5H3. The second-order valence-corrected chi connectivity index (χ2v) is 6.06. The second kappa shape index (κ2) is 4.83. The van der Waals surface area contributed by atoms with Crippen LogP contribution >= 0.6 is 0 Å². The predicted molar refractivity (Wildman–Crippen MR) is 68.1 cm³/mol. The normalized spacial score (nSPS) is 13.9. The van der Waals surface area contributed by atoms with Crippen molar-refractivity contribution in [2.45, 2.75) is 47.5 Å². The van der Waals surface area contributed by atoms with E-state index in [1.54, 1.807) is 0 Å². The number of aryl methyl sites for hydroxylation is 1. The molecule has 0 nitrogen and oxygen atoms in total. The molecule has 0 aliphatic rings. The van der Waals surface area contributed by atoms with Crippen molar-refractivity contribution in [2.75, 3.05) is 0 Å². The molecule has 0 bridgehead atoms. The number of hydrogen-bond donors (Lipinski definition) is 0. The Morgan fingerprint density at radius 2 is 1.60 bits per heavy atom. The third-order valence-electron chi connectivity index (χ3n) is 2.67. The van der Waals surface area contributed by atoms with E-state index in [-0.39, 0.29) is 0 Å². The molecule has 1 atom stereocenters. The fraction of sp³-hybridized carbons (Fsp3) is 0.600. The molecule has 84 valence electrons. The van der Waals surface area contributed by atoms with Crippen LogP contribution in [0.5, 0.6) is 0 Å². The summed E-state index contributed by atoms with van der Waals surface area (Å²) in [5, 5.41) is 0. The van der Waals surface area contributed by atoms with Gasteiger partial charge in [-0.05, 0) is 36.7 Å². The molecule has 15 heavy (non-hydrogen) atoms. The van der Waals surface area contributed by atoms with Crippen LogP contribution in [-0.4, -0.2) is 0 Å². The van der Waals surface area contributed by atoms with E-state index in [1.165, 1.54) is 24.0 Å². The summed E-state index contributed by atoms with van der Waals surface area (Å²) in [6.45, 7) is 11.4. The topological polar surface area (TPSA) is 0 Å². The summed E-state index contributed by atoms with van der Waals surface area (Å²) in [7, 11) is 0. The first-order chi connectivity index (χ1) is 6.87. The van der Waals surface area contributed by atoms with Crippen molar-refractivity contribution in [3.05, 3.63) is 35.4 Å². The second-order valence-electron chi connectivity index (χ2n) is 6.06. The van der Waals surface area contributed by atoms with Crippen molar-refractivity contribution in [1.82, 2.24) is 0 Å². The summed E-state index contributed by atoms with van der Waals surface area (Å²) < 4.78 is 0. The van der Waals surface area contributed by atoms with E-state index >= 15 is 0 Å². The lowest BCUT2D eigenvalue weighted by atomic mass is 9.83. The first-order valence-corrected chi connectivity index (χ1v) is 5.92. The summed E-state index contributed by atoms with van der Waals surface area (Å²) in [6.07, 6.45) is 2.50. The Morgan fingerprint density at radius 1 is 1.07 bits per heavy atom. The van der Waals surface area contributed by atoms with Gasteiger partial charge in [0.2, 0.25) is 0 Å². The Kier molecular flexibility index (Phi) is 3.96. The Labute approximate surface area is 94.7 Å². The highest BCUT2D eigenvalue weighted by Crippen LogP contribution is 2.26. The van der Waals surface area contributed by atoms with E-state index in [0.717, 1.165) is 5.92 Å². The average molecular weight is 204 g/mol. The summed E-state index contributed by atoms with van der Waals surface area (Å²) in [4.78, 5) is 0. The molecule has 0 N–H and O–H groups in total. The van der Waals surface area contributed by atoms with Crippen molar-refractivity contribution < 1.29 is 0 Å². The van der Waals surface area contributed by atoms with Gasteiger partial charge < -0.3 is 0 Å². The van der Waals surface area contributed by atoms with Crippen molar-refractivity contribution in [2.24, 2.45) is 11.3 Å². The van der Waals surface area contributed by atoms with E-state index in [2.05, 4.69) is 58.9 Å². The van der Waals surface area contributed by atoms with Crippen LogP contribution in [0.25, 0.3) is 0 Å². The van der Waals surface area contributed by atoms with Crippen LogP contribution in [0.15, 0.2) is 24.3 Å². The van der Waals surface area contributed by atoms with Crippen molar-refractivity contribution >= 4 is 0 Å². The average Bonchev–Trinajstić information content (AvgIpc) is 2.05. The first-order valence-electron chi connectivity index (χ1n) is 5.92. The monoisotopic (exact) mass is 204 g/mol. The molecule has 0 spiro atoms. The van der Waals surface area contributed by atoms with Gasteiger partial charge in [0.1, 0.15) is 0 Å². The number of hydrogen-bond acceptors (Lipinski definition) is 0. The lowest BCUT2D eigenvalue weighted by Gasteiger charge is -2.23. The van der Waals surface area contributed by atoms with E-state index in [9.17, 15) is 0 Å². The molecule has 0 aromatic heterocycles. The van der Waals surface area contributed by atoms with E-state index < -0.39 is 0 Å². The summed E-state index contributed by atoms with van der Waals surface area (Å²) in [5.41, 5.74) is 3.27. The Bertz CT molecular complexity index is 287. The van der Waals surface area contributed by atoms with E-state index in [0.29, 0.717) is 5.41 Å². The van der Waals surface area contributed by atoms with Crippen LogP contribution in [0, 0.1) is 18.3 Å². The van der Waals surface area contributed by atoms with Crippen LogP contribution in [0.2, 0.25) is 0 Å². The quantitative estimate of drug-likeness (QED) is 0.674. The fourth-order valence-electron chi connectivity index (χ4n) is 2.24. The van der Waals surface area contributed by atoms with Gasteiger partial charge in [-0.2, -0.15) is 0 Å². The highest BCUT2D eigenvalue weighted by atomic mass is 14.2. The van der Waals surface area contributed by atoms with Gasteiger partial charge in [-0.3, -0.25) is 0 Å². The molecule has 0 saturated carbocycles. The zero-order valence-electron chi connectivity index (χ0n) is 10.8. The minimum Gasteiger partial charge on any atom is -0.0622 e.